The van der Waals surface area contributed by atoms with Crippen LogP contribution in [-0.2, 0) is 0 Å². The van der Waals surface area contributed by atoms with Crippen molar-refractivity contribution < 1.29 is 9.53 Å². The molecule has 114 valence electrons. The second kappa shape index (κ2) is 5.68. The summed E-state index contributed by atoms with van der Waals surface area (Å²) in [6.07, 6.45) is 1.69. The molecule has 0 spiro atoms. The summed E-state index contributed by atoms with van der Waals surface area (Å²) in [6, 6.07) is 17.0. The molecule has 5 nitrogen and oxygen atoms in total. The maximum atomic E-state index is 12.5. The zero-order valence-corrected chi connectivity index (χ0v) is 12.4. The molecule has 5 heteroatoms. The molecule has 2 aromatic heterocycles. The van der Waals surface area contributed by atoms with Gasteiger partial charge in [0.05, 0.1) is 18.6 Å². The number of nitrogens with zero attached hydrogens (tertiary/aromatic N) is 3. The Labute approximate surface area is 133 Å². The summed E-state index contributed by atoms with van der Waals surface area (Å²) in [4.78, 5) is 22.8. The van der Waals surface area contributed by atoms with E-state index in [9.17, 15) is 4.79 Å². The summed E-state index contributed by atoms with van der Waals surface area (Å²) in [6.45, 7) is 1.12. The standard InChI is InChI=1S/C18H15N3O2/c22-18(16-9-8-13-5-1-2-6-15(13)20-16)21-11-14(12-21)23-17-7-3-4-10-19-17/h1-10,14H,11-12H2. The summed E-state index contributed by atoms with van der Waals surface area (Å²) in [5, 5.41) is 1.03. The first-order valence-electron chi connectivity index (χ1n) is 7.52. The van der Waals surface area contributed by atoms with Gasteiger partial charge in [0, 0.05) is 17.6 Å². The van der Waals surface area contributed by atoms with Crippen molar-refractivity contribution in [3.05, 3.63) is 66.5 Å². The number of carbonyl (C=O) groups is 1. The third-order valence-electron chi connectivity index (χ3n) is 3.88. The van der Waals surface area contributed by atoms with Crippen LogP contribution < -0.4 is 4.74 Å². The lowest BCUT2D eigenvalue weighted by Crippen LogP contribution is -2.56. The van der Waals surface area contributed by atoms with Crippen molar-refractivity contribution in [3.63, 3.8) is 0 Å². The molecule has 4 rings (SSSR count). The Morgan fingerprint density at radius 3 is 2.70 bits per heavy atom. The van der Waals surface area contributed by atoms with Crippen LogP contribution in [0, 0.1) is 0 Å². The summed E-state index contributed by atoms with van der Waals surface area (Å²) in [5.74, 6) is 0.532. The Morgan fingerprint density at radius 1 is 1.04 bits per heavy atom. The number of rotatable bonds is 3. The maximum Gasteiger partial charge on any atom is 0.272 e. The molecule has 0 N–H and O–H groups in total. The lowest BCUT2D eigenvalue weighted by atomic mass is 10.1. The van der Waals surface area contributed by atoms with Gasteiger partial charge in [0.25, 0.3) is 5.91 Å². The first-order chi connectivity index (χ1) is 11.3. The van der Waals surface area contributed by atoms with Crippen molar-refractivity contribution in [2.75, 3.05) is 13.1 Å². The highest BCUT2D eigenvalue weighted by atomic mass is 16.5. The van der Waals surface area contributed by atoms with Gasteiger partial charge >= 0.3 is 0 Å². The number of pyridine rings is 2. The fourth-order valence-corrected chi connectivity index (χ4v) is 2.61. The summed E-state index contributed by atoms with van der Waals surface area (Å²) in [7, 11) is 0. The van der Waals surface area contributed by atoms with Crippen molar-refractivity contribution in [2.24, 2.45) is 0 Å². The van der Waals surface area contributed by atoms with Crippen LogP contribution in [0.5, 0.6) is 5.88 Å². The molecule has 1 aliphatic rings. The Bertz CT molecular complexity index is 845. The lowest BCUT2D eigenvalue weighted by molar-refractivity contribution is 0.0156. The minimum atomic E-state index is -0.0587. The number of hydrogen-bond acceptors (Lipinski definition) is 4. The van der Waals surface area contributed by atoms with Gasteiger partial charge in [0.2, 0.25) is 5.88 Å². The molecule has 3 heterocycles. The SMILES string of the molecule is O=C(c1ccc2ccccc2n1)N1CC(Oc2ccccn2)C1. The summed E-state index contributed by atoms with van der Waals surface area (Å²) < 4.78 is 5.71. The fourth-order valence-electron chi connectivity index (χ4n) is 2.61. The van der Waals surface area contributed by atoms with Crippen LogP contribution >= 0.6 is 0 Å². The van der Waals surface area contributed by atoms with Gasteiger partial charge in [0.15, 0.2) is 0 Å². The molecule has 0 saturated carbocycles. The highest BCUT2D eigenvalue weighted by Crippen LogP contribution is 2.19. The van der Waals surface area contributed by atoms with E-state index in [2.05, 4.69) is 9.97 Å². The number of hydrogen-bond donors (Lipinski definition) is 0. The average Bonchev–Trinajstić information content (AvgIpc) is 2.57. The summed E-state index contributed by atoms with van der Waals surface area (Å²) >= 11 is 0. The third-order valence-corrected chi connectivity index (χ3v) is 3.88. The molecule has 1 saturated heterocycles. The van der Waals surface area contributed by atoms with Gasteiger partial charge in [-0.3, -0.25) is 4.79 Å². The zero-order valence-electron chi connectivity index (χ0n) is 12.4. The van der Waals surface area contributed by atoms with E-state index in [1.165, 1.54) is 0 Å². The van der Waals surface area contributed by atoms with E-state index in [1.807, 2.05) is 48.5 Å². The maximum absolute atomic E-state index is 12.5. The zero-order chi connectivity index (χ0) is 15.6. The largest absolute Gasteiger partial charge is 0.471 e. The van der Waals surface area contributed by atoms with Gasteiger partial charge < -0.3 is 9.64 Å². The smallest absolute Gasteiger partial charge is 0.272 e. The number of para-hydroxylation sites is 1. The number of benzene rings is 1. The monoisotopic (exact) mass is 305 g/mol. The number of ether oxygens (including phenoxy) is 1. The van der Waals surface area contributed by atoms with Crippen LogP contribution in [-0.4, -0.2) is 40.0 Å². The molecule has 0 aliphatic carbocycles. The number of carbonyl (C=O) groups excluding carboxylic acids is 1. The molecule has 1 aliphatic heterocycles. The number of likely N-dealkylation sites (tertiary alicyclic amines) is 1. The second-order valence-corrected chi connectivity index (χ2v) is 5.51. The Kier molecular flexibility index (Phi) is 3.38. The lowest BCUT2D eigenvalue weighted by Gasteiger charge is -2.38. The quantitative estimate of drug-likeness (QED) is 0.746. The van der Waals surface area contributed by atoms with Crippen molar-refractivity contribution >= 4 is 16.8 Å². The van der Waals surface area contributed by atoms with Crippen molar-refractivity contribution in [3.8, 4) is 5.88 Å². The number of fused-ring (bicyclic) bond motifs is 1. The minimum Gasteiger partial charge on any atom is -0.471 e. The fraction of sp³-hybridized carbons (Fsp3) is 0.167. The van der Waals surface area contributed by atoms with Gasteiger partial charge in [0.1, 0.15) is 11.8 Å². The first kappa shape index (κ1) is 13.7. The molecule has 0 radical (unpaired) electrons. The second-order valence-electron chi connectivity index (χ2n) is 5.51. The number of amides is 1. The van der Waals surface area contributed by atoms with Crippen molar-refractivity contribution in [2.45, 2.75) is 6.10 Å². The number of aromatic nitrogens is 2. The normalized spacial score (nSPS) is 14.5. The van der Waals surface area contributed by atoms with Gasteiger partial charge in [-0.1, -0.05) is 30.3 Å². The van der Waals surface area contributed by atoms with Crippen molar-refractivity contribution in [1.29, 1.82) is 0 Å². The van der Waals surface area contributed by atoms with E-state index in [1.54, 1.807) is 17.2 Å². The van der Waals surface area contributed by atoms with Gasteiger partial charge in [-0.05, 0) is 18.2 Å². The topological polar surface area (TPSA) is 55.3 Å². The predicted molar refractivity (Wildman–Crippen MR) is 86.3 cm³/mol. The summed E-state index contributed by atoms with van der Waals surface area (Å²) in [5.41, 5.74) is 1.31. The predicted octanol–water partition coefficient (Wildman–Crippen LogP) is 2.53. The minimum absolute atomic E-state index is 0.00527. The van der Waals surface area contributed by atoms with E-state index < -0.39 is 0 Å². The Morgan fingerprint density at radius 2 is 1.87 bits per heavy atom. The van der Waals surface area contributed by atoms with Crippen LogP contribution in [0.2, 0.25) is 0 Å². The van der Waals surface area contributed by atoms with E-state index in [4.69, 9.17) is 4.74 Å². The molecule has 0 unspecified atom stereocenters. The van der Waals surface area contributed by atoms with Gasteiger partial charge in [-0.15, -0.1) is 0 Å². The Balaban J connectivity index is 1.42. The van der Waals surface area contributed by atoms with Gasteiger partial charge in [-0.25, -0.2) is 9.97 Å². The van der Waals surface area contributed by atoms with Crippen LogP contribution in [0.15, 0.2) is 60.8 Å². The van der Waals surface area contributed by atoms with Crippen molar-refractivity contribution in [1.82, 2.24) is 14.9 Å². The Hall–Kier alpha value is -2.95. The van der Waals surface area contributed by atoms with E-state index in [-0.39, 0.29) is 12.0 Å². The highest BCUT2D eigenvalue weighted by Gasteiger charge is 2.33. The molecule has 1 amide bonds. The molecular formula is C18H15N3O2. The van der Waals surface area contributed by atoms with Crippen LogP contribution in [0.3, 0.4) is 0 Å². The highest BCUT2D eigenvalue weighted by molar-refractivity contribution is 5.95. The van der Waals surface area contributed by atoms with Gasteiger partial charge in [-0.2, -0.15) is 0 Å². The molecule has 1 fully saturated rings. The van der Waals surface area contributed by atoms with E-state index >= 15 is 0 Å². The molecule has 23 heavy (non-hydrogen) atoms. The molecule has 3 aromatic rings. The van der Waals surface area contributed by atoms with E-state index in [0.717, 1.165) is 10.9 Å². The van der Waals surface area contributed by atoms with E-state index in [0.29, 0.717) is 24.7 Å². The first-order valence-corrected chi connectivity index (χ1v) is 7.52. The molecule has 0 bridgehead atoms. The average molecular weight is 305 g/mol. The van der Waals surface area contributed by atoms with Crippen LogP contribution in [0.4, 0.5) is 0 Å². The molecule has 0 atom stereocenters. The van der Waals surface area contributed by atoms with Crippen LogP contribution in [0.1, 0.15) is 10.5 Å². The van der Waals surface area contributed by atoms with Crippen LogP contribution in [0.25, 0.3) is 10.9 Å². The molecular weight excluding hydrogens is 290 g/mol. The molecule has 1 aromatic carbocycles. The third kappa shape index (κ3) is 2.73.